The van der Waals surface area contributed by atoms with Gasteiger partial charge >= 0.3 is 6.18 Å². The third kappa shape index (κ3) is 7.64. The third-order valence-electron chi connectivity index (χ3n) is 4.28. The summed E-state index contributed by atoms with van der Waals surface area (Å²) in [4.78, 5) is 24.3. The molecular weight excluding hydrogens is 425 g/mol. The van der Waals surface area contributed by atoms with Crippen LogP contribution in [0.4, 0.5) is 18.9 Å². The fourth-order valence-corrected chi connectivity index (χ4v) is 2.65. The van der Waals surface area contributed by atoms with Crippen LogP contribution in [0.5, 0.6) is 11.5 Å². The molecule has 2 aromatic rings. The number of halogens is 3. The lowest BCUT2D eigenvalue weighted by Crippen LogP contribution is -2.33. The molecule has 2 amide bonds. The smallest absolute Gasteiger partial charge is 0.405 e. The average molecular weight is 450 g/mol. The van der Waals surface area contributed by atoms with Crippen LogP contribution in [0.25, 0.3) is 6.08 Å². The van der Waals surface area contributed by atoms with Crippen LogP contribution in [0.2, 0.25) is 0 Å². The van der Waals surface area contributed by atoms with E-state index >= 15 is 0 Å². The van der Waals surface area contributed by atoms with Gasteiger partial charge in [-0.1, -0.05) is 19.1 Å². The highest BCUT2D eigenvalue weighted by Crippen LogP contribution is 2.28. The number of amides is 2. The van der Waals surface area contributed by atoms with Crippen molar-refractivity contribution in [3.05, 3.63) is 59.2 Å². The number of carbonyl (C=O) groups is 2. The molecule has 2 N–H and O–H groups in total. The Morgan fingerprint density at radius 2 is 1.84 bits per heavy atom. The predicted molar refractivity (Wildman–Crippen MR) is 116 cm³/mol. The van der Waals surface area contributed by atoms with Gasteiger partial charge in [-0.3, -0.25) is 9.59 Å². The summed E-state index contributed by atoms with van der Waals surface area (Å²) in [6.45, 7) is 2.82. The lowest BCUT2D eigenvalue weighted by molar-refractivity contribution is -0.123. The maximum atomic E-state index is 12.3. The molecule has 0 atom stereocenters. The summed E-state index contributed by atoms with van der Waals surface area (Å²) in [5.41, 5.74) is 1.68. The van der Waals surface area contributed by atoms with Crippen molar-refractivity contribution < 1.29 is 32.2 Å². The quantitative estimate of drug-likeness (QED) is 0.542. The molecule has 0 fully saturated rings. The van der Waals surface area contributed by atoms with E-state index in [1.165, 1.54) is 25.3 Å². The number of benzene rings is 2. The van der Waals surface area contributed by atoms with E-state index in [9.17, 15) is 22.8 Å². The zero-order valence-corrected chi connectivity index (χ0v) is 18.0. The number of rotatable bonds is 9. The molecule has 0 aromatic heterocycles. The van der Waals surface area contributed by atoms with Crippen LogP contribution in [0.1, 0.15) is 34.8 Å². The molecule has 0 radical (unpaired) electrons. The molecule has 0 bridgehead atoms. The average Bonchev–Trinajstić information content (AvgIpc) is 2.75. The molecule has 0 heterocycles. The summed E-state index contributed by atoms with van der Waals surface area (Å²) in [7, 11) is 1.52. The normalized spacial score (nSPS) is 11.3. The van der Waals surface area contributed by atoms with Crippen LogP contribution < -0.4 is 20.1 Å². The van der Waals surface area contributed by atoms with Crippen LogP contribution in [-0.4, -0.2) is 38.3 Å². The van der Waals surface area contributed by atoms with E-state index in [1.807, 2.05) is 6.92 Å². The minimum Gasteiger partial charge on any atom is -0.493 e. The predicted octanol–water partition coefficient (Wildman–Crippen LogP) is 4.74. The summed E-state index contributed by atoms with van der Waals surface area (Å²) < 4.78 is 47.8. The zero-order valence-electron chi connectivity index (χ0n) is 18.0. The van der Waals surface area contributed by atoms with Gasteiger partial charge in [-0.15, -0.1) is 0 Å². The van der Waals surface area contributed by atoms with Gasteiger partial charge in [0.15, 0.2) is 11.5 Å². The van der Waals surface area contributed by atoms with Gasteiger partial charge < -0.3 is 20.1 Å². The Balaban J connectivity index is 2.07. The van der Waals surface area contributed by atoms with Gasteiger partial charge in [-0.05, 0) is 54.8 Å². The highest BCUT2D eigenvalue weighted by molar-refractivity contribution is 6.03. The topological polar surface area (TPSA) is 76.7 Å². The van der Waals surface area contributed by atoms with Gasteiger partial charge in [0.2, 0.25) is 5.91 Å². The van der Waals surface area contributed by atoms with Gasteiger partial charge in [0.1, 0.15) is 6.54 Å². The fraction of sp³-hybridized carbons (Fsp3) is 0.304. The molecule has 2 rings (SSSR count). The monoisotopic (exact) mass is 450 g/mol. The number of ether oxygens (including phenoxy) is 2. The van der Waals surface area contributed by atoms with E-state index in [4.69, 9.17) is 9.47 Å². The second kappa shape index (κ2) is 11.2. The Kier molecular flexibility index (Phi) is 8.69. The first-order valence-electron chi connectivity index (χ1n) is 9.88. The molecule has 0 aliphatic rings. The van der Waals surface area contributed by atoms with Crippen molar-refractivity contribution in [1.82, 2.24) is 5.32 Å². The number of methoxy groups -OCH3 is 1. The Bertz CT molecular complexity index is 988. The standard InChI is InChI=1S/C23H25F3N2O4/c1-4-11-32-19-9-6-16(12-20(19)31-3)7-10-21(29)28-18-13-17(8-5-15(18)2)22(30)27-14-23(24,25)26/h5-10,12-13H,4,11,14H2,1-3H3,(H,27,30)(H,28,29)/b10-7+. The molecule has 0 saturated heterocycles. The van der Waals surface area contributed by atoms with Gasteiger partial charge in [-0.25, -0.2) is 0 Å². The summed E-state index contributed by atoms with van der Waals surface area (Å²) in [6, 6.07) is 9.51. The lowest BCUT2D eigenvalue weighted by atomic mass is 10.1. The molecule has 172 valence electrons. The van der Waals surface area contributed by atoms with E-state index < -0.39 is 24.5 Å². The zero-order chi connectivity index (χ0) is 23.7. The molecule has 0 unspecified atom stereocenters. The largest absolute Gasteiger partial charge is 0.493 e. The second-order valence-corrected chi connectivity index (χ2v) is 6.91. The van der Waals surface area contributed by atoms with E-state index in [0.717, 1.165) is 6.42 Å². The van der Waals surface area contributed by atoms with Gasteiger partial charge in [0.25, 0.3) is 5.91 Å². The number of aryl methyl sites for hydroxylation is 1. The first kappa shape index (κ1) is 24.8. The number of anilines is 1. The highest BCUT2D eigenvalue weighted by Gasteiger charge is 2.28. The van der Waals surface area contributed by atoms with Crippen molar-refractivity contribution in [2.45, 2.75) is 26.4 Å². The molecule has 0 aliphatic heterocycles. The highest BCUT2D eigenvalue weighted by atomic mass is 19.4. The summed E-state index contributed by atoms with van der Waals surface area (Å²) in [6.07, 6.45) is -0.769. The van der Waals surface area contributed by atoms with Crippen LogP contribution >= 0.6 is 0 Å². The minimum absolute atomic E-state index is 0.00605. The van der Waals surface area contributed by atoms with Crippen LogP contribution in [0.15, 0.2) is 42.5 Å². The van der Waals surface area contributed by atoms with Crippen LogP contribution in [-0.2, 0) is 4.79 Å². The van der Waals surface area contributed by atoms with Gasteiger partial charge in [-0.2, -0.15) is 13.2 Å². The Hall–Kier alpha value is -3.49. The molecule has 0 aliphatic carbocycles. The van der Waals surface area contributed by atoms with Crippen molar-refractivity contribution in [3.63, 3.8) is 0 Å². The van der Waals surface area contributed by atoms with E-state index in [1.54, 1.807) is 42.6 Å². The molecule has 32 heavy (non-hydrogen) atoms. The van der Waals surface area contributed by atoms with Gasteiger partial charge in [0.05, 0.1) is 13.7 Å². The van der Waals surface area contributed by atoms with Crippen LogP contribution in [0.3, 0.4) is 0 Å². The number of nitrogens with one attached hydrogen (secondary N) is 2. The molecule has 9 heteroatoms. The van der Waals surface area contributed by atoms with Crippen molar-refractivity contribution in [2.75, 3.05) is 25.6 Å². The van der Waals surface area contributed by atoms with E-state index in [0.29, 0.717) is 34.9 Å². The molecule has 0 saturated carbocycles. The molecule has 2 aromatic carbocycles. The lowest BCUT2D eigenvalue weighted by Gasteiger charge is -2.11. The maximum absolute atomic E-state index is 12.3. The van der Waals surface area contributed by atoms with E-state index in [-0.39, 0.29) is 5.56 Å². The van der Waals surface area contributed by atoms with Crippen molar-refractivity contribution in [2.24, 2.45) is 0 Å². The summed E-state index contributed by atoms with van der Waals surface area (Å²) in [5.74, 6) is -0.210. The van der Waals surface area contributed by atoms with Gasteiger partial charge in [0, 0.05) is 17.3 Å². The molecular formula is C23H25F3N2O4. The second-order valence-electron chi connectivity index (χ2n) is 6.91. The summed E-state index contributed by atoms with van der Waals surface area (Å²) in [5, 5.41) is 4.43. The fourth-order valence-electron chi connectivity index (χ4n) is 2.65. The first-order valence-corrected chi connectivity index (χ1v) is 9.88. The Morgan fingerprint density at radius 1 is 1.09 bits per heavy atom. The third-order valence-corrected chi connectivity index (χ3v) is 4.28. The number of hydrogen-bond acceptors (Lipinski definition) is 4. The number of alkyl halides is 3. The Labute approximate surface area is 184 Å². The van der Waals surface area contributed by atoms with Crippen molar-refractivity contribution >= 4 is 23.6 Å². The molecule has 0 spiro atoms. The number of hydrogen-bond donors (Lipinski definition) is 2. The van der Waals surface area contributed by atoms with E-state index in [2.05, 4.69) is 5.32 Å². The molecule has 6 nitrogen and oxygen atoms in total. The Morgan fingerprint density at radius 3 is 2.50 bits per heavy atom. The maximum Gasteiger partial charge on any atom is 0.405 e. The van der Waals surface area contributed by atoms with Crippen LogP contribution in [0, 0.1) is 6.92 Å². The van der Waals surface area contributed by atoms with Crippen molar-refractivity contribution in [1.29, 1.82) is 0 Å². The number of carbonyl (C=O) groups excluding carboxylic acids is 2. The van der Waals surface area contributed by atoms with Crippen molar-refractivity contribution in [3.8, 4) is 11.5 Å². The minimum atomic E-state index is -4.51. The first-order chi connectivity index (χ1) is 15.1. The summed E-state index contributed by atoms with van der Waals surface area (Å²) >= 11 is 0. The SMILES string of the molecule is CCCOc1ccc(/C=C/C(=O)Nc2cc(C(=O)NCC(F)(F)F)ccc2C)cc1OC.